The van der Waals surface area contributed by atoms with Crippen LogP contribution in [-0.2, 0) is 5.66 Å². The molecule has 0 bridgehead atoms. The zero-order chi connectivity index (χ0) is 17.7. The van der Waals surface area contributed by atoms with Crippen LogP contribution in [0.3, 0.4) is 0 Å². The summed E-state index contributed by atoms with van der Waals surface area (Å²) in [6, 6.07) is 15.7. The minimum atomic E-state index is -0.766. The van der Waals surface area contributed by atoms with E-state index < -0.39 is 5.66 Å². The molecule has 0 unspecified atom stereocenters. The van der Waals surface area contributed by atoms with Crippen LogP contribution in [0, 0.1) is 0 Å². The van der Waals surface area contributed by atoms with E-state index in [4.69, 9.17) is 28.9 Å². The molecule has 0 amide bonds. The second-order valence-corrected chi connectivity index (χ2v) is 7.18. The SMILES string of the molecule is C=CC[C@H](c1cccc(Cl)c1)[C@](N)(NC(C)C)c1ccc(Cl)cc1. The van der Waals surface area contributed by atoms with Gasteiger partial charge in [0.25, 0.3) is 0 Å². The van der Waals surface area contributed by atoms with Gasteiger partial charge in [0.15, 0.2) is 0 Å². The first-order valence-corrected chi connectivity index (χ1v) is 8.81. The van der Waals surface area contributed by atoms with E-state index in [9.17, 15) is 0 Å². The summed E-state index contributed by atoms with van der Waals surface area (Å²) in [6.45, 7) is 8.08. The number of hydrogen-bond donors (Lipinski definition) is 2. The summed E-state index contributed by atoms with van der Waals surface area (Å²) in [5.41, 5.74) is 8.23. The minimum Gasteiger partial charge on any atom is -0.309 e. The molecule has 0 saturated carbocycles. The first-order valence-electron chi connectivity index (χ1n) is 8.05. The first-order chi connectivity index (χ1) is 11.4. The minimum absolute atomic E-state index is 0.0164. The van der Waals surface area contributed by atoms with Crippen molar-refractivity contribution in [3.8, 4) is 0 Å². The largest absolute Gasteiger partial charge is 0.309 e. The van der Waals surface area contributed by atoms with Crippen molar-refractivity contribution in [2.75, 3.05) is 0 Å². The highest BCUT2D eigenvalue weighted by Gasteiger charge is 2.37. The van der Waals surface area contributed by atoms with E-state index in [1.54, 1.807) is 0 Å². The van der Waals surface area contributed by atoms with Gasteiger partial charge in [-0.2, -0.15) is 0 Å². The highest BCUT2D eigenvalue weighted by molar-refractivity contribution is 6.30. The third kappa shape index (κ3) is 4.40. The van der Waals surface area contributed by atoms with E-state index in [1.807, 2.05) is 48.5 Å². The number of hydrogen-bond acceptors (Lipinski definition) is 2. The molecule has 2 rings (SSSR count). The Morgan fingerprint density at radius 2 is 1.79 bits per heavy atom. The Kier molecular flexibility index (Phi) is 6.47. The number of nitrogens with two attached hydrogens (primary N) is 1. The van der Waals surface area contributed by atoms with Crippen LogP contribution in [0.4, 0.5) is 0 Å². The maximum atomic E-state index is 6.94. The number of benzene rings is 2. The van der Waals surface area contributed by atoms with Gasteiger partial charge < -0.3 is 5.73 Å². The molecule has 0 heterocycles. The van der Waals surface area contributed by atoms with Gasteiger partial charge in [-0.05, 0) is 55.7 Å². The molecule has 0 aliphatic carbocycles. The maximum absolute atomic E-state index is 6.94. The van der Waals surface area contributed by atoms with E-state index in [0.29, 0.717) is 10.0 Å². The van der Waals surface area contributed by atoms with Crippen LogP contribution in [0.2, 0.25) is 10.0 Å². The van der Waals surface area contributed by atoms with Crippen LogP contribution in [0.15, 0.2) is 61.2 Å². The predicted octanol–water partition coefficient (Wildman–Crippen LogP) is 5.46. The molecule has 0 aromatic heterocycles. The van der Waals surface area contributed by atoms with Gasteiger partial charge in [0.05, 0.1) is 5.66 Å². The molecule has 2 atom stereocenters. The van der Waals surface area contributed by atoms with Gasteiger partial charge in [0.2, 0.25) is 0 Å². The Bertz CT molecular complexity index is 682. The highest BCUT2D eigenvalue weighted by Crippen LogP contribution is 2.37. The fraction of sp³-hybridized carbons (Fsp3) is 0.300. The molecule has 2 nitrogen and oxygen atoms in total. The Morgan fingerprint density at radius 1 is 1.12 bits per heavy atom. The van der Waals surface area contributed by atoms with Gasteiger partial charge in [-0.15, -0.1) is 6.58 Å². The van der Waals surface area contributed by atoms with Crippen molar-refractivity contribution in [2.24, 2.45) is 5.73 Å². The summed E-state index contributed by atoms with van der Waals surface area (Å²) in [5.74, 6) is -0.0164. The zero-order valence-corrected chi connectivity index (χ0v) is 15.6. The van der Waals surface area contributed by atoms with Crippen molar-refractivity contribution in [1.82, 2.24) is 5.32 Å². The van der Waals surface area contributed by atoms with Crippen molar-refractivity contribution in [2.45, 2.75) is 37.9 Å². The van der Waals surface area contributed by atoms with Crippen LogP contribution in [0.5, 0.6) is 0 Å². The lowest BCUT2D eigenvalue weighted by atomic mass is 9.79. The summed E-state index contributed by atoms with van der Waals surface area (Å²) < 4.78 is 0. The molecule has 0 aliphatic heterocycles. The molecular formula is C20H24Cl2N2. The van der Waals surface area contributed by atoms with Crippen LogP contribution in [0.25, 0.3) is 0 Å². The molecule has 4 heteroatoms. The second kappa shape index (κ2) is 8.17. The smallest absolute Gasteiger partial charge is 0.0999 e. The van der Waals surface area contributed by atoms with Crippen molar-refractivity contribution >= 4 is 23.2 Å². The Labute approximate surface area is 154 Å². The van der Waals surface area contributed by atoms with Gasteiger partial charge in [-0.3, -0.25) is 5.32 Å². The molecule has 0 saturated heterocycles. The normalized spacial score (nSPS) is 15.1. The lowest BCUT2D eigenvalue weighted by Crippen LogP contribution is -2.57. The lowest BCUT2D eigenvalue weighted by Gasteiger charge is -2.40. The predicted molar refractivity (Wildman–Crippen MR) is 105 cm³/mol. The molecule has 3 N–H and O–H groups in total. The van der Waals surface area contributed by atoms with Gasteiger partial charge in [-0.25, -0.2) is 0 Å². The van der Waals surface area contributed by atoms with E-state index in [2.05, 4.69) is 31.8 Å². The van der Waals surface area contributed by atoms with E-state index >= 15 is 0 Å². The Balaban J connectivity index is 2.56. The number of halogens is 2. The number of nitrogens with one attached hydrogen (secondary N) is 1. The third-order valence-corrected chi connectivity index (χ3v) is 4.54. The summed E-state index contributed by atoms with van der Waals surface area (Å²) in [4.78, 5) is 0. The van der Waals surface area contributed by atoms with Gasteiger partial charge in [0.1, 0.15) is 0 Å². The third-order valence-electron chi connectivity index (χ3n) is 4.05. The fourth-order valence-corrected chi connectivity index (χ4v) is 3.39. The van der Waals surface area contributed by atoms with Crippen molar-refractivity contribution < 1.29 is 0 Å². The molecule has 0 aliphatic rings. The molecule has 128 valence electrons. The second-order valence-electron chi connectivity index (χ2n) is 6.31. The summed E-state index contributed by atoms with van der Waals surface area (Å²) in [7, 11) is 0. The average Bonchev–Trinajstić information content (AvgIpc) is 2.52. The average molecular weight is 363 g/mol. The van der Waals surface area contributed by atoms with E-state index in [1.165, 1.54) is 0 Å². The van der Waals surface area contributed by atoms with Crippen LogP contribution in [-0.4, -0.2) is 6.04 Å². The monoisotopic (exact) mass is 362 g/mol. The van der Waals surface area contributed by atoms with Gasteiger partial charge in [0, 0.05) is 22.0 Å². The van der Waals surface area contributed by atoms with Crippen molar-refractivity contribution in [1.29, 1.82) is 0 Å². The summed E-state index contributed by atoms with van der Waals surface area (Å²) in [6.07, 6.45) is 2.62. The Morgan fingerprint density at radius 3 is 2.33 bits per heavy atom. The Hall–Kier alpha value is -1.32. The molecule has 2 aromatic rings. The van der Waals surface area contributed by atoms with Gasteiger partial charge in [-0.1, -0.05) is 53.5 Å². The van der Waals surface area contributed by atoms with E-state index in [0.717, 1.165) is 17.5 Å². The first kappa shape index (κ1) is 19.0. The number of rotatable bonds is 7. The van der Waals surface area contributed by atoms with Crippen molar-refractivity contribution in [3.63, 3.8) is 0 Å². The molecule has 2 aromatic carbocycles. The molecule has 24 heavy (non-hydrogen) atoms. The van der Waals surface area contributed by atoms with Crippen LogP contribution >= 0.6 is 23.2 Å². The zero-order valence-electron chi connectivity index (χ0n) is 14.1. The van der Waals surface area contributed by atoms with Crippen LogP contribution in [0.1, 0.15) is 37.3 Å². The molecular weight excluding hydrogens is 339 g/mol. The van der Waals surface area contributed by atoms with Crippen molar-refractivity contribution in [3.05, 3.63) is 82.4 Å². The van der Waals surface area contributed by atoms with Crippen LogP contribution < -0.4 is 11.1 Å². The molecule has 0 radical (unpaired) electrons. The summed E-state index contributed by atoms with van der Waals surface area (Å²) in [5, 5.41) is 4.93. The topological polar surface area (TPSA) is 38.0 Å². The summed E-state index contributed by atoms with van der Waals surface area (Å²) >= 11 is 12.3. The quantitative estimate of drug-likeness (QED) is 0.506. The number of allylic oxidation sites excluding steroid dienone is 1. The molecule has 0 fully saturated rings. The van der Waals surface area contributed by atoms with E-state index in [-0.39, 0.29) is 12.0 Å². The fourth-order valence-electron chi connectivity index (χ4n) is 3.06. The lowest BCUT2D eigenvalue weighted by molar-refractivity contribution is 0.255. The molecule has 0 spiro atoms. The maximum Gasteiger partial charge on any atom is 0.0999 e. The van der Waals surface area contributed by atoms with Gasteiger partial charge >= 0.3 is 0 Å². The highest BCUT2D eigenvalue weighted by atomic mass is 35.5. The standard InChI is InChI=1S/C20H24Cl2N2/c1-4-6-19(15-7-5-8-18(22)13-15)20(23,24-14(2)3)16-9-11-17(21)12-10-16/h4-5,7-14,19,24H,1,6,23H2,2-3H3/t19-,20-/m1/s1.